The largest absolute Gasteiger partial charge is 0.316 e. The van der Waals surface area contributed by atoms with E-state index < -0.39 is 0 Å². The van der Waals surface area contributed by atoms with Gasteiger partial charge >= 0.3 is 0 Å². The van der Waals surface area contributed by atoms with Crippen LogP contribution in [-0.2, 0) is 6.54 Å². The highest BCUT2D eigenvalue weighted by Crippen LogP contribution is 2.19. The number of rotatable bonds is 6. The van der Waals surface area contributed by atoms with Crippen LogP contribution in [0.2, 0.25) is 0 Å². The summed E-state index contributed by atoms with van der Waals surface area (Å²) in [7, 11) is 0. The molecule has 0 bridgehead atoms. The number of hydrogen-bond acceptors (Lipinski definition) is 3. The lowest BCUT2D eigenvalue weighted by Crippen LogP contribution is -2.39. The van der Waals surface area contributed by atoms with Crippen LogP contribution in [0.1, 0.15) is 32.3 Å². The first kappa shape index (κ1) is 15.9. The average Bonchev–Trinajstić information content (AvgIpc) is 2.39. The lowest BCUT2D eigenvalue weighted by Gasteiger charge is -2.33. The molecule has 2 rings (SSSR count). The third kappa shape index (κ3) is 5.51. The van der Waals surface area contributed by atoms with Crippen molar-refractivity contribution in [2.75, 3.05) is 26.2 Å². The van der Waals surface area contributed by atoms with Gasteiger partial charge in [0.25, 0.3) is 0 Å². The number of pyridine rings is 1. The fraction of sp³-hybridized carbons (Fsp3) is 0.688. The van der Waals surface area contributed by atoms with E-state index in [1.807, 2.05) is 12.4 Å². The van der Waals surface area contributed by atoms with E-state index in [9.17, 15) is 0 Å². The molecular formula is C16H26BrN3. The van der Waals surface area contributed by atoms with Gasteiger partial charge in [0.2, 0.25) is 0 Å². The number of piperidine rings is 1. The minimum atomic E-state index is 0.738. The van der Waals surface area contributed by atoms with E-state index in [1.54, 1.807) is 0 Å². The molecule has 20 heavy (non-hydrogen) atoms. The van der Waals surface area contributed by atoms with Gasteiger partial charge in [-0.05, 0) is 71.9 Å². The zero-order valence-electron chi connectivity index (χ0n) is 12.6. The molecule has 3 nitrogen and oxygen atoms in total. The number of hydrogen-bond donors (Lipinski definition) is 1. The van der Waals surface area contributed by atoms with Crippen molar-refractivity contribution in [2.24, 2.45) is 11.8 Å². The Morgan fingerprint density at radius 2 is 2.30 bits per heavy atom. The molecule has 0 radical (unpaired) electrons. The van der Waals surface area contributed by atoms with E-state index in [-0.39, 0.29) is 0 Å². The van der Waals surface area contributed by atoms with E-state index in [0.717, 1.165) is 35.9 Å². The summed E-state index contributed by atoms with van der Waals surface area (Å²) >= 11 is 3.50. The Bertz CT molecular complexity index is 408. The third-order valence-electron chi connectivity index (χ3n) is 3.76. The molecule has 0 aromatic carbocycles. The molecule has 1 aliphatic heterocycles. The summed E-state index contributed by atoms with van der Waals surface area (Å²) in [4.78, 5) is 6.82. The number of halogens is 1. The summed E-state index contributed by atoms with van der Waals surface area (Å²) in [6.07, 6.45) is 6.50. The smallest absolute Gasteiger partial charge is 0.0410 e. The average molecular weight is 340 g/mol. The molecule has 1 aliphatic rings. The van der Waals surface area contributed by atoms with Crippen molar-refractivity contribution in [2.45, 2.75) is 33.2 Å². The zero-order chi connectivity index (χ0) is 14.4. The third-order valence-corrected chi connectivity index (χ3v) is 4.19. The van der Waals surface area contributed by atoms with Gasteiger partial charge in [-0.1, -0.05) is 13.8 Å². The molecule has 1 aromatic heterocycles. The van der Waals surface area contributed by atoms with Crippen LogP contribution in [0.15, 0.2) is 22.9 Å². The van der Waals surface area contributed by atoms with Gasteiger partial charge in [0, 0.05) is 30.0 Å². The van der Waals surface area contributed by atoms with Crippen LogP contribution in [0.5, 0.6) is 0 Å². The van der Waals surface area contributed by atoms with E-state index >= 15 is 0 Å². The molecule has 0 saturated carbocycles. The molecule has 4 heteroatoms. The molecular weight excluding hydrogens is 314 g/mol. The van der Waals surface area contributed by atoms with Gasteiger partial charge < -0.3 is 5.32 Å². The quantitative estimate of drug-likeness (QED) is 0.861. The van der Waals surface area contributed by atoms with E-state index in [2.05, 4.69) is 51.0 Å². The van der Waals surface area contributed by atoms with Crippen LogP contribution in [0, 0.1) is 11.8 Å². The number of nitrogens with zero attached hydrogens (tertiary/aromatic N) is 2. The topological polar surface area (TPSA) is 28.2 Å². The van der Waals surface area contributed by atoms with E-state index in [0.29, 0.717) is 0 Å². The summed E-state index contributed by atoms with van der Waals surface area (Å²) in [6.45, 7) is 10.3. The van der Waals surface area contributed by atoms with Crippen molar-refractivity contribution in [3.63, 3.8) is 0 Å². The lowest BCUT2D eigenvalue weighted by molar-refractivity contribution is 0.164. The molecule has 1 N–H and O–H groups in total. The summed E-state index contributed by atoms with van der Waals surface area (Å²) in [5.41, 5.74) is 1.30. The van der Waals surface area contributed by atoms with Gasteiger partial charge in [-0.25, -0.2) is 0 Å². The van der Waals surface area contributed by atoms with Crippen LogP contribution in [0.25, 0.3) is 0 Å². The molecule has 1 fully saturated rings. The highest BCUT2D eigenvalue weighted by atomic mass is 79.9. The number of likely N-dealkylation sites (tertiary alicyclic amines) is 1. The van der Waals surface area contributed by atoms with Crippen LogP contribution in [0.3, 0.4) is 0 Å². The van der Waals surface area contributed by atoms with Crippen molar-refractivity contribution in [1.29, 1.82) is 0 Å². The second kappa shape index (κ2) is 8.11. The normalized spacial score (nSPS) is 20.5. The molecule has 1 saturated heterocycles. The standard InChI is InChI=1S/C16H26BrN3/c1-13(2)7-18-8-14-4-3-5-20(11-14)12-15-6-16(17)10-19-9-15/h6,9-10,13-14,18H,3-5,7-8,11-12H2,1-2H3. The first-order valence-electron chi connectivity index (χ1n) is 7.66. The highest BCUT2D eigenvalue weighted by molar-refractivity contribution is 9.10. The van der Waals surface area contributed by atoms with E-state index in [4.69, 9.17) is 0 Å². The molecule has 112 valence electrons. The van der Waals surface area contributed by atoms with Gasteiger partial charge in [0.05, 0.1) is 0 Å². The Kier molecular flexibility index (Phi) is 6.46. The van der Waals surface area contributed by atoms with Crippen LogP contribution in [-0.4, -0.2) is 36.1 Å². The second-order valence-corrected chi connectivity index (χ2v) is 7.22. The Labute approximate surface area is 131 Å². The molecule has 2 heterocycles. The zero-order valence-corrected chi connectivity index (χ0v) is 14.2. The maximum absolute atomic E-state index is 4.25. The molecule has 0 aliphatic carbocycles. The van der Waals surface area contributed by atoms with Crippen LogP contribution in [0.4, 0.5) is 0 Å². The Morgan fingerprint density at radius 3 is 3.05 bits per heavy atom. The number of aromatic nitrogens is 1. The molecule has 0 amide bonds. The summed E-state index contributed by atoms with van der Waals surface area (Å²) < 4.78 is 1.07. The molecule has 1 aromatic rings. The fourth-order valence-electron chi connectivity index (χ4n) is 2.84. The lowest BCUT2D eigenvalue weighted by atomic mass is 9.97. The van der Waals surface area contributed by atoms with Crippen molar-refractivity contribution >= 4 is 15.9 Å². The predicted octanol–water partition coefficient (Wildman–Crippen LogP) is 3.30. The molecule has 0 spiro atoms. The maximum atomic E-state index is 4.25. The van der Waals surface area contributed by atoms with Crippen molar-refractivity contribution in [1.82, 2.24) is 15.2 Å². The minimum absolute atomic E-state index is 0.738. The fourth-order valence-corrected chi connectivity index (χ4v) is 3.25. The van der Waals surface area contributed by atoms with Gasteiger partial charge in [-0.3, -0.25) is 9.88 Å². The Morgan fingerprint density at radius 1 is 1.45 bits per heavy atom. The Hall–Kier alpha value is -0.450. The van der Waals surface area contributed by atoms with Gasteiger partial charge in [-0.2, -0.15) is 0 Å². The second-order valence-electron chi connectivity index (χ2n) is 6.31. The number of nitrogens with one attached hydrogen (secondary N) is 1. The summed E-state index contributed by atoms with van der Waals surface area (Å²) in [5.74, 6) is 1.53. The molecule has 1 atom stereocenters. The predicted molar refractivity (Wildman–Crippen MR) is 87.6 cm³/mol. The van der Waals surface area contributed by atoms with Gasteiger partial charge in [0.15, 0.2) is 0 Å². The molecule has 1 unspecified atom stereocenters. The summed E-state index contributed by atoms with van der Waals surface area (Å²) in [6, 6.07) is 2.17. The van der Waals surface area contributed by atoms with Crippen LogP contribution < -0.4 is 5.32 Å². The van der Waals surface area contributed by atoms with E-state index in [1.165, 1.54) is 31.5 Å². The monoisotopic (exact) mass is 339 g/mol. The Balaban J connectivity index is 1.78. The van der Waals surface area contributed by atoms with Crippen molar-refractivity contribution in [3.05, 3.63) is 28.5 Å². The minimum Gasteiger partial charge on any atom is -0.316 e. The van der Waals surface area contributed by atoms with Crippen molar-refractivity contribution < 1.29 is 0 Å². The van der Waals surface area contributed by atoms with Crippen molar-refractivity contribution in [3.8, 4) is 0 Å². The SMILES string of the molecule is CC(C)CNCC1CCCN(Cc2cncc(Br)c2)C1. The first-order valence-corrected chi connectivity index (χ1v) is 8.45. The van der Waals surface area contributed by atoms with Gasteiger partial charge in [-0.15, -0.1) is 0 Å². The maximum Gasteiger partial charge on any atom is 0.0410 e. The first-order chi connectivity index (χ1) is 9.63. The van der Waals surface area contributed by atoms with Gasteiger partial charge in [0.1, 0.15) is 0 Å². The summed E-state index contributed by atoms with van der Waals surface area (Å²) in [5, 5.41) is 3.60. The highest BCUT2D eigenvalue weighted by Gasteiger charge is 2.19. The van der Waals surface area contributed by atoms with Crippen LogP contribution >= 0.6 is 15.9 Å².